The van der Waals surface area contributed by atoms with Crippen LogP contribution in [0.5, 0.6) is 23.0 Å². The predicted molar refractivity (Wildman–Crippen MR) is 163 cm³/mol. The molecule has 0 aliphatic rings. The molecule has 6 aromatic carbocycles. The Labute approximate surface area is 248 Å². The fraction of sp³-hybridized carbons (Fsp3) is 0.0270. The van der Waals surface area contributed by atoms with Crippen LogP contribution in [-0.2, 0) is 6.42 Å². The second kappa shape index (κ2) is 11.5. The van der Waals surface area contributed by atoms with Crippen molar-refractivity contribution in [3.63, 3.8) is 0 Å². The fourth-order valence-electron chi connectivity index (χ4n) is 5.09. The van der Waals surface area contributed by atoms with Crippen LogP contribution in [-0.4, -0.2) is 0 Å². The molecule has 0 aromatic heterocycles. The van der Waals surface area contributed by atoms with E-state index in [0.29, 0.717) is 29.4 Å². The third-order valence-corrected chi connectivity index (χ3v) is 7.21. The largest absolute Gasteiger partial charge is 0.456 e. The number of benzene rings is 6. The van der Waals surface area contributed by atoms with Gasteiger partial charge in [0.2, 0.25) is 0 Å². The standard InChI is InChI=1S/C37H20N4O2/c38-20-28-13-15-32(18-30(28)22-40)42-36-26(11-9-24-5-1-3-7-34(24)36)17-27-12-10-25-6-2-4-8-35(25)37(27)43-33-16-14-29(21-39)31(19-33)23-41/h1-16,18-19H,17H2. The summed E-state index contributed by atoms with van der Waals surface area (Å²) >= 11 is 0. The molecule has 0 aliphatic heterocycles. The van der Waals surface area contributed by atoms with E-state index in [1.54, 1.807) is 36.4 Å². The number of nitriles is 4. The van der Waals surface area contributed by atoms with Crippen molar-refractivity contribution in [3.05, 3.63) is 143 Å². The number of rotatable bonds is 6. The van der Waals surface area contributed by atoms with E-state index in [-0.39, 0.29) is 22.3 Å². The molecule has 200 valence electrons. The second-order valence-electron chi connectivity index (χ2n) is 9.79. The van der Waals surface area contributed by atoms with Crippen LogP contribution in [0, 0.1) is 45.3 Å². The summed E-state index contributed by atoms with van der Waals surface area (Å²) < 4.78 is 12.9. The summed E-state index contributed by atoms with van der Waals surface area (Å²) in [5, 5.41) is 41.6. The van der Waals surface area contributed by atoms with E-state index < -0.39 is 0 Å². The monoisotopic (exact) mass is 552 g/mol. The number of nitrogens with zero attached hydrogens (tertiary/aromatic N) is 4. The molecule has 0 aliphatic carbocycles. The van der Waals surface area contributed by atoms with Crippen molar-refractivity contribution in [2.75, 3.05) is 0 Å². The molecule has 0 radical (unpaired) electrons. The van der Waals surface area contributed by atoms with E-state index in [2.05, 4.69) is 12.1 Å². The molecule has 0 saturated carbocycles. The lowest BCUT2D eigenvalue weighted by Crippen LogP contribution is -1.99. The van der Waals surface area contributed by atoms with Crippen molar-refractivity contribution >= 4 is 21.5 Å². The van der Waals surface area contributed by atoms with Gasteiger partial charge in [-0.15, -0.1) is 0 Å². The third-order valence-electron chi connectivity index (χ3n) is 7.21. The molecule has 0 bridgehead atoms. The fourth-order valence-corrected chi connectivity index (χ4v) is 5.09. The van der Waals surface area contributed by atoms with Gasteiger partial charge in [0, 0.05) is 17.2 Å². The van der Waals surface area contributed by atoms with Gasteiger partial charge in [-0.2, -0.15) is 21.0 Å². The predicted octanol–water partition coefficient (Wildman–Crippen LogP) is 8.66. The Balaban J connectivity index is 1.48. The molecule has 0 atom stereocenters. The van der Waals surface area contributed by atoms with E-state index in [1.807, 2.05) is 84.9 Å². The molecule has 0 amide bonds. The van der Waals surface area contributed by atoms with Gasteiger partial charge in [-0.05, 0) is 58.3 Å². The average Bonchev–Trinajstić information content (AvgIpc) is 3.06. The lowest BCUT2D eigenvalue weighted by atomic mass is 9.96. The van der Waals surface area contributed by atoms with Gasteiger partial charge in [-0.1, -0.05) is 72.8 Å². The Hall–Kier alpha value is -6.60. The first-order valence-corrected chi connectivity index (χ1v) is 13.4. The lowest BCUT2D eigenvalue weighted by molar-refractivity contribution is 0.477. The Morgan fingerprint density at radius 1 is 0.442 bits per heavy atom. The topological polar surface area (TPSA) is 114 Å². The van der Waals surface area contributed by atoms with Crippen LogP contribution >= 0.6 is 0 Å². The van der Waals surface area contributed by atoms with Gasteiger partial charge in [0.15, 0.2) is 0 Å². The van der Waals surface area contributed by atoms with Gasteiger partial charge in [0.05, 0.1) is 22.3 Å². The van der Waals surface area contributed by atoms with Crippen LogP contribution in [0.4, 0.5) is 0 Å². The zero-order valence-electron chi connectivity index (χ0n) is 22.7. The Kier molecular flexibility index (Phi) is 7.11. The first kappa shape index (κ1) is 26.6. The summed E-state index contributed by atoms with van der Waals surface area (Å²) in [5.74, 6) is 2.17. The minimum Gasteiger partial charge on any atom is -0.456 e. The number of ether oxygens (including phenoxy) is 2. The molecule has 0 N–H and O–H groups in total. The lowest BCUT2D eigenvalue weighted by Gasteiger charge is -2.18. The summed E-state index contributed by atoms with van der Waals surface area (Å²) in [6.07, 6.45) is 0.448. The van der Waals surface area contributed by atoms with E-state index in [0.717, 1.165) is 32.7 Å². The molecule has 6 nitrogen and oxygen atoms in total. The van der Waals surface area contributed by atoms with Gasteiger partial charge in [0.25, 0.3) is 0 Å². The van der Waals surface area contributed by atoms with Crippen molar-refractivity contribution in [1.29, 1.82) is 21.0 Å². The zero-order valence-corrected chi connectivity index (χ0v) is 22.7. The molecule has 0 heterocycles. The van der Waals surface area contributed by atoms with Gasteiger partial charge in [-0.25, -0.2) is 0 Å². The van der Waals surface area contributed by atoms with Gasteiger partial charge in [0.1, 0.15) is 47.3 Å². The average molecular weight is 553 g/mol. The molecular formula is C37H20N4O2. The quantitative estimate of drug-likeness (QED) is 0.204. The molecule has 43 heavy (non-hydrogen) atoms. The molecule has 0 saturated heterocycles. The molecule has 0 spiro atoms. The second-order valence-corrected chi connectivity index (χ2v) is 9.79. The third kappa shape index (κ3) is 5.17. The number of hydrogen-bond donors (Lipinski definition) is 0. The molecular weight excluding hydrogens is 532 g/mol. The summed E-state index contributed by atoms with van der Waals surface area (Å²) in [6, 6.07) is 41.8. The maximum atomic E-state index is 9.56. The molecule has 0 fully saturated rings. The molecule has 0 unspecified atom stereocenters. The van der Waals surface area contributed by atoms with Crippen LogP contribution in [0.25, 0.3) is 21.5 Å². The molecule has 6 aromatic rings. The zero-order chi connectivity index (χ0) is 29.8. The maximum absolute atomic E-state index is 9.56. The number of fused-ring (bicyclic) bond motifs is 2. The maximum Gasteiger partial charge on any atom is 0.138 e. The van der Waals surface area contributed by atoms with Gasteiger partial charge in [-0.3, -0.25) is 0 Å². The Morgan fingerprint density at radius 3 is 1.28 bits per heavy atom. The highest BCUT2D eigenvalue weighted by Crippen LogP contribution is 2.40. The van der Waals surface area contributed by atoms with Crippen molar-refractivity contribution < 1.29 is 9.47 Å². The summed E-state index contributed by atoms with van der Waals surface area (Å²) in [4.78, 5) is 0. The Morgan fingerprint density at radius 2 is 0.860 bits per heavy atom. The molecule has 6 heteroatoms. The van der Waals surface area contributed by atoms with Crippen LogP contribution in [0.2, 0.25) is 0 Å². The van der Waals surface area contributed by atoms with Crippen molar-refractivity contribution in [3.8, 4) is 47.3 Å². The first-order valence-electron chi connectivity index (χ1n) is 13.4. The summed E-state index contributed by atoms with van der Waals surface area (Å²) in [7, 11) is 0. The van der Waals surface area contributed by atoms with Crippen LogP contribution in [0.15, 0.2) is 109 Å². The minimum absolute atomic E-state index is 0.242. The highest BCUT2D eigenvalue weighted by molar-refractivity contribution is 5.92. The van der Waals surface area contributed by atoms with Crippen molar-refractivity contribution in [1.82, 2.24) is 0 Å². The van der Waals surface area contributed by atoms with Crippen molar-refractivity contribution in [2.45, 2.75) is 6.42 Å². The van der Waals surface area contributed by atoms with Crippen LogP contribution in [0.3, 0.4) is 0 Å². The van der Waals surface area contributed by atoms with Gasteiger partial charge >= 0.3 is 0 Å². The highest BCUT2D eigenvalue weighted by atomic mass is 16.5. The molecule has 6 rings (SSSR count). The summed E-state index contributed by atoms with van der Waals surface area (Å²) in [6.45, 7) is 0. The van der Waals surface area contributed by atoms with E-state index in [9.17, 15) is 21.0 Å². The van der Waals surface area contributed by atoms with Crippen molar-refractivity contribution in [2.24, 2.45) is 0 Å². The number of hydrogen-bond acceptors (Lipinski definition) is 6. The van der Waals surface area contributed by atoms with E-state index in [1.165, 1.54) is 0 Å². The van der Waals surface area contributed by atoms with E-state index in [4.69, 9.17) is 9.47 Å². The Bertz CT molecular complexity index is 2070. The smallest absolute Gasteiger partial charge is 0.138 e. The summed E-state index contributed by atoms with van der Waals surface area (Å²) in [5.41, 5.74) is 2.83. The van der Waals surface area contributed by atoms with Crippen LogP contribution < -0.4 is 9.47 Å². The van der Waals surface area contributed by atoms with Crippen LogP contribution in [0.1, 0.15) is 33.4 Å². The van der Waals surface area contributed by atoms with Gasteiger partial charge < -0.3 is 9.47 Å². The first-order chi connectivity index (χ1) is 21.1. The highest BCUT2D eigenvalue weighted by Gasteiger charge is 2.17. The normalized spacial score (nSPS) is 10.3. The van der Waals surface area contributed by atoms with E-state index >= 15 is 0 Å². The minimum atomic E-state index is 0.242. The SMILES string of the molecule is N#Cc1ccc(Oc2c(Cc3ccc4ccccc4c3Oc3ccc(C#N)c(C#N)c3)ccc3ccccc23)cc1C#N.